The summed E-state index contributed by atoms with van der Waals surface area (Å²) < 4.78 is 39.7. The Morgan fingerprint density at radius 2 is 1.84 bits per heavy atom. The summed E-state index contributed by atoms with van der Waals surface area (Å²) in [5.74, 6) is -3.84. The smallest absolute Gasteiger partial charge is 0.319 e. The number of urea groups is 1. The Bertz CT molecular complexity index is 1230. The molecular formula is C21H15F3N4O3S. The van der Waals surface area contributed by atoms with Crippen LogP contribution in [-0.2, 0) is 15.1 Å². The number of thiazole rings is 1. The SMILES string of the molecule is CC1(c2ccc(F)cc2)NC(=O)N(CC(=O)Nc2nc(-c3ccc(F)c(F)c3)cs2)C1=O. The molecule has 11 heteroatoms. The Morgan fingerprint density at radius 3 is 2.53 bits per heavy atom. The van der Waals surface area contributed by atoms with Crippen LogP contribution in [0.2, 0.25) is 0 Å². The molecule has 1 fully saturated rings. The van der Waals surface area contributed by atoms with Gasteiger partial charge in [0, 0.05) is 10.9 Å². The molecule has 1 aliphatic heterocycles. The zero-order valence-electron chi connectivity index (χ0n) is 16.5. The van der Waals surface area contributed by atoms with Crippen LogP contribution in [0.15, 0.2) is 47.8 Å². The molecule has 1 aliphatic rings. The van der Waals surface area contributed by atoms with E-state index in [1.807, 2.05) is 0 Å². The molecule has 3 aromatic rings. The van der Waals surface area contributed by atoms with E-state index in [4.69, 9.17) is 0 Å². The molecule has 2 N–H and O–H groups in total. The minimum absolute atomic E-state index is 0.156. The number of amides is 4. The number of benzene rings is 2. The van der Waals surface area contributed by atoms with Gasteiger partial charge >= 0.3 is 6.03 Å². The lowest BCUT2D eigenvalue weighted by Gasteiger charge is -2.22. The highest BCUT2D eigenvalue weighted by Gasteiger charge is 2.49. The molecule has 1 aromatic heterocycles. The van der Waals surface area contributed by atoms with Gasteiger partial charge in [-0.15, -0.1) is 11.3 Å². The zero-order valence-corrected chi connectivity index (χ0v) is 17.3. The minimum Gasteiger partial charge on any atom is -0.319 e. The Labute approximate surface area is 183 Å². The first kappa shape index (κ1) is 21.5. The molecular weight excluding hydrogens is 445 g/mol. The van der Waals surface area contributed by atoms with Crippen molar-refractivity contribution in [2.75, 3.05) is 11.9 Å². The third-order valence-electron chi connectivity index (χ3n) is 4.96. The topological polar surface area (TPSA) is 91.4 Å². The highest BCUT2D eigenvalue weighted by molar-refractivity contribution is 7.14. The summed E-state index contributed by atoms with van der Waals surface area (Å²) in [6.45, 7) is 0.898. The van der Waals surface area contributed by atoms with Crippen molar-refractivity contribution >= 4 is 34.3 Å². The Hall–Kier alpha value is -3.73. The molecule has 0 bridgehead atoms. The maximum Gasteiger partial charge on any atom is 0.325 e. The van der Waals surface area contributed by atoms with Gasteiger partial charge in [-0.1, -0.05) is 12.1 Å². The van der Waals surface area contributed by atoms with Gasteiger partial charge < -0.3 is 10.6 Å². The maximum atomic E-state index is 13.4. The van der Waals surface area contributed by atoms with Crippen LogP contribution in [0.4, 0.5) is 23.1 Å². The van der Waals surface area contributed by atoms with Gasteiger partial charge in [0.1, 0.15) is 17.9 Å². The van der Waals surface area contributed by atoms with Gasteiger partial charge in [-0.2, -0.15) is 0 Å². The first-order valence-corrected chi connectivity index (χ1v) is 10.2. The predicted octanol–water partition coefficient (Wildman–Crippen LogP) is 3.63. The number of hydrogen-bond donors (Lipinski definition) is 2. The molecule has 4 amide bonds. The van der Waals surface area contributed by atoms with Crippen LogP contribution >= 0.6 is 11.3 Å². The number of carbonyl (C=O) groups is 3. The first-order chi connectivity index (χ1) is 15.2. The lowest BCUT2D eigenvalue weighted by Crippen LogP contribution is -2.42. The Kier molecular flexibility index (Phi) is 5.43. The number of nitrogens with one attached hydrogen (secondary N) is 2. The second-order valence-electron chi connectivity index (χ2n) is 7.17. The number of carbonyl (C=O) groups excluding carboxylic acids is 3. The van der Waals surface area contributed by atoms with Crippen LogP contribution in [0.5, 0.6) is 0 Å². The van der Waals surface area contributed by atoms with Gasteiger partial charge in [0.05, 0.1) is 5.69 Å². The predicted molar refractivity (Wildman–Crippen MR) is 110 cm³/mol. The normalized spacial score (nSPS) is 18.1. The molecule has 0 radical (unpaired) electrons. The van der Waals surface area contributed by atoms with E-state index in [1.54, 1.807) is 5.38 Å². The van der Waals surface area contributed by atoms with Crippen molar-refractivity contribution in [3.05, 3.63) is 70.9 Å². The van der Waals surface area contributed by atoms with E-state index in [9.17, 15) is 27.6 Å². The number of anilines is 1. The first-order valence-electron chi connectivity index (χ1n) is 9.28. The van der Waals surface area contributed by atoms with Gasteiger partial charge in [-0.25, -0.2) is 22.9 Å². The molecule has 164 valence electrons. The summed E-state index contributed by atoms with van der Waals surface area (Å²) in [6, 6.07) is 7.64. The molecule has 2 aromatic carbocycles. The van der Waals surface area contributed by atoms with Gasteiger partial charge in [-0.05, 0) is 42.8 Å². The van der Waals surface area contributed by atoms with Crippen molar-refractivity contribution in [2.24, 2.45) is 0 Å². The largest absolute Gasteiger partial charge is 0.325 e. The Morgan fingerprint density at radius 1 is 1.12 bits per heavy atom. The van der Waals surface area contributed by atoms with Crippen molar-refractivity contribution in [2.45, 2.75) is 12.5 Å². The lowest BCUT2D eigenvalue weighted by atomic mass is 9.92. The number of nitrogens with zero attached hydrogens (tertiary/aromatic N) is 2. The molecule has 4 rings (SSSR count). The fourth-order valence-corrected chi connectivity index (χ4v) is 3.98. The van der Waals surface area contributed by atoms with E-state index < -0.39 is 47.4 Å². The minimum atomic E-state index is -1.44. The highest BCUT2D eigenvalue weighted by Crippen LogP contribution is 2.29. The van der Waals surface area contributed by atoms with Crippen LogP contribution in [0, 0.1) is 17.5 Å². The molecule has 7 nitrogen and oxygen atoms in total. The quantitative estimate of drug-likeness (QED) is 0.569. The molecule has 1 saturated heterocycles. The molecule has 0 aliphatic carbocycles. The van der Waals surface area contributed by atoms with E-state index >= 15 is 0 Å². The van der Waals surface area contributed by atoms with Gasteiger partial charge in [0.2, 0.25) is 5.91 Å². The third kappa shape index (κ3) is 3.94. The second-order valence-corrected chi connectivity index (χ2v) is 8.03. The van der Waals surface area contributed by atoms with Crippen LogP contribution in [0.25, 0.3) is 11.3 Å². The van der Waals surface area contributed by atoms with E-state index in [-0.39, 0.29) is 5.13 Å². The van der Waals surface area contributed by atoms with Crippen molar-refractivity contribution in [1.29, 1.82) is 0 Å². The lowest BCUT2D eigenvalue weighted by molar-refractivity contribution is -0.133. The molecule has 1 unspecified atom stereocenters. The van der Waals surface area contributed by atoms with Gasteiger partial charge in [0.15, 0.2) is 16.8 Å². The van der Waals surface area contributed by atoms with Crippen molar-refractivity contribution in [3.8, 4) is 11.3 Å². The maximum absolute atomic E-state index is 13.4. The summed E-state index contributed by atoms with van der Waals surface area (Å²) in [7, 11) is 0. The molecule has 0 spiro atoms. The molecule has 2 heterocycles. The number of aromatic nitrogens is 1. The average molecular weight is 460 g/mol. The third-order valence-corrected chi connectivity index (χ3v) is 5.72. The van der Waals surface area contributed by atoms with E-state index in [0.717, 1.165) is 28.4 Å². The fourth-order valence-electron chi connectivity index (χ4n) is 3.24. The number of hydrogen-bond acceptors (Lipinski definition) is 5. The summed E-state index contributed by atoms with van der Waals surface area (Å²) >= 11 is 1.04. The zero-order chi connectivity index (χ0) is 23.0. The Balaban J connectivity index is 1.45. The van der Waals surface area contributed by atoms with Crippen LogP contribution in [-0.4, -0.2) is 34.3 Å². The number of rotatable bonds is 5. The summed E-state index contributed by atoms with van der Waals surface area (Å²) in [5.41, 5.74) is -0.421. The second kappa shape index (κ2) is 8.08. The summed E-state index contributed by atoms with van der Waals surface area (Å²) in [4.78, 5) is 42.5. The molecule has 1 atom stereocenters. The number of halogens is 3. The van der Waals surface area contributed by atoms with Crippen LogP contribution in [0.1, 0.15) is 12.5 Å². The fraction of sp³-hybridized carbons (Fsp3) is 0.143. The van der Waals surface area contributed by atoms with Gasteiger partial charge in [0.25, 0.3) is 5.91 Å². The van der Waals surface area contributed by atoms with E-state index in [1.165, 1.54) is 37.3 Å². The highest BCUT2D eigenvalue weighted by atomic mass is 32.1. The van der Waals surface area contributed by atoms with E-state index in [0.29, 0.717) is 16.8 Å². The summed E-state index contributed by atoms with van der Waals surface area (Å²) in [5, 5.41) is 6.70. The summed E-state index contributed by atoms with van der Waals surface area (Å²) in [6.07, 6.45) is 0. The standard InChI is InChI=1S/C21H15F3N4O3S/c1-21(12-3-5-13(22)6-4-12)18(30)28(20(31)27-21)9-17(29)26-19-25-16(10-32-19)11-2-7-14(23)15(24)8-11/h2-8,10H,9H2,1H3,(H,27,31)(H,25,26,29). The van der Waals surface area contributed by atoms with Crippen LogP contribution in [0.3, 0.4) is 0 Å². The van der Waals surface area contributed by atoms with Crippen molar-refractivity contribution < 1.29 is 27.6 Å². The van der Waals surface area contributed by atoms with Gasteiger partial charge in [-0.3, -0.25) is 14.5 Å². The van der Waals surface area contributed by atoms with Crippen LogP contribution < -0.4 is 10.6 Å². The average Bonchev–Trinajstić information content (AvgIpc) is 3.29. The monoisotopic (exact) mass is 460 g/mol. The molecule has 0 saturated carbocycles. The van der Waals surface area contributed by atoms with Crippen molar-refractivity contribution in [1.82, 2.24) is 15.2 Å². The number of imide groups is 1. The van der Waals surface area contributed by atoms with Crippen molar-refractivity contribution in [3.63, 3.8) is 0 Å². The molecule has 32 heavy (non-hydrogen) atoms. The van der Waals surface area contributed by atoms with E-state index in [2.05, 4.69) is 15.6 Å².